The number of hydrogen-bond donors (Lipinski definition) is 0. The molecule has 1 aliphatic rings. The van der Waals surface area contributed by atoms with Gasteiger partial charge < -0.3 is 9.80 Å². The lowest BCUT2D eigenvalue weighted by Gasteiger charge is -2.36. The number of anilines is 2. The zero-order valence-electron chi connectivity index (χ0n) is 14.2. The molecule has 0 saturated carbocycles. The maximum atomic E-state index is 12.7. The lowest BCUT2D eigenvalue weighted by molar-refractivity contribution is -0.137. The van der Waals surface area contributed by atoms with Crippen molar-refractivity contribution in [2.45, 2.75) is 6.18 Å². The van der Waals surface area contributed by atoms with Gasteiger partial charge >= 0.3 is 6.18 Å². The molecule has 3 aromatic rings. The van der Waals surface area contributed by atoms with Crippen LogP contribution >= 0.6 is 0 Å². The van der Waals surface area contributed by atoms with Crippen LogP contribution in [0.15, 0.2) is 49.2 Å². The molecule has 0 unspecified atom stereocenters. The van der Waals surface area contributed by atoms with E-state index in [0.29, 0.717) is 37.8 Å². The van der Waals surface area contributed by atoms with Gasteiger partial charge in [0.1, 0.15) is 18.0 Å². The molecule has 0 amide bonds. The van der Waals surface area contributed by atoms with E-state index < -0.39 is 11.7 Å². The number of nitrogens with zero attached hydrogens (tertiary/aromatic N) is 7. The molecule has 7 nitrogen and oxygen atoms in total. The molecule has 0 bridgehead atoms. The average Bonchev–Trinajstić information content (AvgIpc) is 3.23. The third-order valence-electron chi connectivity index (χ3n) is 4.38. The van der Waals surface area contributed by atoms with Gasteiger partial charge in [0.05, 0.1) is 5.56 Å². The number of halogens is 3. The fourth-order valence-corrected chi connectivity index (χ4v) is 2.95. The number of rotatable bonds is 3. The van der Waals surface area contributed by atoms with Crippen molar-refractivity contribution >= 4 is 11.6 Å². The summed E-state index contributed by atoms with van der Waals surface area (Å²) in [5.74, 6) is 2.01. The van der Waals surface area contributed by atoms with E-state index in [2.05, 4.69) is 25.0 Å². The quantitative estimate of drug-likeness (QED) is 0.701. The lowest BCUT2D eigenvalue weighted by Crippen LogP contribution is -2.47. The van der Waals surface area contributed by atoms with Crippen LogP contribution in [-0.4, -0.2) is 50.9 Å². The Kier molecular flexibility index (Phi) is 4.38. The number of hydrogen-bond acceptors (Lipinski definition) is 6. The summed E-state index contributed by atoms with van der Waals surface area (Å²) in [6, 6.07) is 6.16. The minimum Gasteiger partial charge on any atom is -0.353 e. The van der Waals surface area contributed by atoms with Crippen molar-refractivity contribution in [3.05, 3.63) is 54.7 Å². The first-order chi connectivity index (χ1) is 13.0. The predicted molar refractivity (Wildman–Crippen MR) is 92.8 cm³/mol. The van der Waals surface area contributed by atoms with Crippen molar-refractivity contribution < 1.29 is 13.2 Å². The summed E-state index contributed by atoms with van der Waals surface area (Å²) in [5.41, 5.74) is -0.739. The minimum absolute atomic E-state index is 0.544. The molecule has 27 heavy (non-hydrogen) atoms. The summed E-state index contributed by atoms with van der Waals surface area (Å²) in [6.45, 7) is 2.63. The SMILES string of the molecule is FC(F)(F)c1ccc(N2CCN(c3cc(-n4cccn4)ncn3)CC2)nc1. The molecule has 3 aromatic heterocycles. The Bertz CT molecular complexity index is 886. The molecule has 1 saturated heterocycles. The number of alkyl halides is 3. The Labute approximate surface area is 153 Å². The Morgan fingerprint density at radius 3 is 2.15 bits per heavy atom. The summed E-state index contributed by atoms with van der Waals surface area (Å²) in [7, 11) is 0. The predicted octanol–water partition coefficient (Wildman–Crippen LogP) is 2.40. The molecule has 0 spiro atoms. The standard InChI is InChI=1S/C17H16F3N7/c18-17(19,20)13-2-3-14(21-11-13)25-6-8-26(9-7-25)15-10-16(23-12-22-15)27-5-1-4-24-27/h1-5,10-12H,6-9H2. The van der Waals surface area contributed by atoms with E-state index >= 15 is 0 Å². The van der Waals surface area contributed by atoms with Gasteiger partial charge in [-0.2, -0.15) is 18.3 Å². The number of pyridine rings is 1. The Balaban J connectivity index is 1.43. The van der Waals surface area contributed by atoms with E-state index in [4.69, 9.17) is 0 Å². The third-order valence-corrected chi connectivity index (χ3v) is 4.38. The zero-order valence-corrected chi connectivity index (χ0v) is 14.2. The summed E-state index contributed by atoms with van der Waals surface area (Å²) in [6.07, 6.45) is 1.49. The Hall–Kier alpha value is -3.17. The van der Waals surface area contributed by atoms with Crippen LogP contribution < -0.4 is 9.80 Å². The summed E-state index contributed by atoms with van der Waals surface area (Å²) in [4.78, 5) is 16.6. The monoisotopic (exact) mass is 375 g/mol. The van der Waals surface area contributed by atoms with Crippen molar-refractivity contribution in [2.24, 2.45) is 0 Å². The summed E-state index contributed by atoms with van der Waals surface area (Å²) in [5, 5.41) is 4.16. The highest BCUT2D eigenvalue weighted by Crippen LogP contribution is 2.29. The zero-order chi connectivity index (χ0) is 18.9. The van der Waals surface area contributed by atoms with Crippen LogP contribution in [0.25, 0.3) is 5.82 Å². The van der Waals surface area contributed by atoms with E-state index in [1.807, 2.05) is 17.0 Å². The first-order valence-electron chi connectivity index (χ1n) is 8.36. The van der Waals surface area contributed by atoms with E-state index in [-0.39, 0.29) is 0 Å². The summed E-state index contributed by atoms with van der Waals surface area (Å²) >= 11 is 0. The average molecular weight is 375 g/mol. The van der Waals surface area contributed by atoms with Crippen molar-refractivity contribution in [3.8, 4) is 5.82 Å². The van der Waals surface area contributed by atoms with Crippen LogP contribution in [0.5, 0.6) is 0 Å². The van der Waals surface area contributed by atoms with Gasteiger partial charge in [-0.3, -0.25) is 0 Å². The first kappa shape index (κ1) is 17.3. The maximum Gasteiger partial charge on any atom is 0.417 e. The van der Waals surface area contributed by atoms with Crippen LogP contribution in [0.1, 0.15) is 5.56 Å². The second-order valence-corrected chi connectivity index (χ2v) is 6.06. The largest absolute Gasteiger partial charge is 0.417 e. The Morgan fingerprint density at radius 2 is 1.56 bits per heavy atom. The topological polar surface area (TPSA) is 63.0 Å². The van der Waals surface area contributed by atoms with Crippen molar-refractivity contribution in [1.82, 2.24) is 24.7 Å². The molecule has 10 heteroatoms. The van der Waals surface area contributed by atoms with Gasteiger partial charge in [0, 0.05) is 50.8 Å². The Morgan fingerprint density at radius 1 is 0.852 bits per heavy atom. The van der Waals surface area contributed by atoms with E-state index in [9.17, 15) is 13.2 Å². The smallest absolute Gasteiger partial charge is 0.353 e. The first-order valence-corrected chi connectivity index (χ1v) is 8.36. The van der Waals surface area contributed by atoms with Gasteiger partial charge in [0.25, 0.3) is 0 Å². The van der Waals surface area contributed by atoms with Crippen LogP contribution in [0, 0.1) is 0 Å². The van der Waals surface area contributed by atoms with E-state index in [1.165, 1.54) is 12.4 Å². The second-order valence-electron chi connectivity index (χ2n) is 6.06. The molecule has 0 N–H and O–H groups in total. The molecule has 0 atom stereocenters. The van der Waals surface area contributed by atoms with Gasteiger partial charge in [-0.15, -0.1) is 0 Å². The van der Waals surface area contributed by atoms with Gasteiger partial charge in [-0.25, -0.2) is 19.6 Å². The normalized spacial score (nSPS) is 15.2. The molecule has 0 radical (unpaired) electrons. The van der Waals surface area contributed by atoms with Crippen molar-refractivity contribution in [3.63, 3.8) is 0 Å². The fraction of sp³-hybridized carbons (Fsp3) is 0.294. The number of piperazine rings is 1. The molecule has 1 aliphatic heterocycles. The van der Waals surface area contributed by atoms with Crippen molar-refractivity contribution in [1.29, 1.82) is 0 Å². The molecule has 1 fully saturated rings. The molecule has 4 heterocycles. The van der Waals surface area contributed by atoms with Crippen molar-refractivity contribution in [2.75, 3.05) is 36.0 Å². The van der Waals surface area contributed by atoms with E-state index in [0.717, 1.165) is 18.1 Å². The molecular formula is C17H16F3N7. The van der Waals surface area contributed by atoms with E-state index in [1.54, 1.807) is 17.1 Å². The molecule has 0 aromatic carbocycles. The van der Waals surface area contributed by atoms with Crippen LogP contribution in [0.2, 0.25) is 0 Å². The fourth-order valence-electron chi connectivity index (χ4n) is 2.95. The maximum absolute atomic E-state index is 12.7. The molecule has 0 aliphatic carbocycles. The van der Waals surface area contributed by atoms with Gasteiger partial charge in [-0.05, 0) is 18.2 Å². The molecular weight excluding hydrogens is 359 g/mol. The molecule has 4 rings (SSSR count). The summed E-state index contributed by atoms with van der Waals surface area (Å²) < 4.78 is 39.6. The van der Waals surface area contributed by atoms with Gasteiger partial charge in [0.2, 0.25) is 0 Å². The third kappa shape index (κ3) is 3.69. The van der Waals surface area contributed by atoms with Crippen LogP contribution in [0.3, 0.4) is 0 Å². The highest BCUT2D eigenvalue weighted by Gasteiger charge is 2.31. The minimum atomic E-state index is -4.37. The second kappa shape index (κ2) is 6.86. The van der Waals surface area contributed by atoms with Crippen LogP contribution in [-0.2, 0) is 6.18 Å². The lowest BCUT2D eigenvalue weighted by atomic mass is 10.2. The van der Waals surface area contributed by atoms with Gasteiger partial charge in [-0.1, -0.05) is 0 Å². The number of aromatic nitrogens is 5. The van der Waals surface area contributed by atoms with Crippen LogP contribution in [0.4, 0.5) is 24.8 Å². The highest BCUT2D eigenvalue weighted by atomic mass is 19.4. The highest BCUT2D eigenvalue weighted by molar-refractivity contribution is 5.47. The molecule has 140 valence electrons. The van der Waals surface area contributed by atoms with Gasteiger partial charge in [0.15, 0.2) is 5.82 Å².